The van der Waals surface area contributed by atoms with Crippen LogP contribution in [0.15, 0.2) is 83.8 Å². The second-order valence-corrected chi connectivity index (χ2v) is 11.5. The van der Waals surface area contributed by atoms with Gasteiger partial charge in [0.2, 0.25) is 0 Å². The lowest BCUT2D eigenvalue weighted by atomic mass is 10.00. The van der Waals surface area contributed by atoms with Crippen molar-refractivity contribution in [3.05, 3.63) is 95.6 Å². The van der Waals surface area contributed by atoms with Gasteiger partial charge in [-0.05, 0) is 55.2 Å². The van der Waals surface area contributed by atoms with Crippen LogP contribution in [0.25, 0.3) is 0 Å². The number of carbonyl (C=O) groups excluding carboxylic acids is 1. The lowest BCUT2D eigenvalue weighted by Crippen LogP contribution is -2.48. The van der Waals surface area contributed by atoms with E-state index < -0.39 is 16.4 Å². The largest absolute Gasteiger partial charge is 0.434 e. The molecule has 1 fully saturated rings. The number of para-hydroxylation sites is 1. The van der Waals surface area contributed by atoms with E-state index in [0.717, 1.165) is 24.7 Å². The normalized spacial score (nSPS) is 14.9. The molecule has 4 rings (SSSR count). The van der Waals surface area contributed by atoms with Crippen LogP contribution in [0, 0.1) is 0 Å². The zero-order valence-electron chi connectivity index (χ0n) is 21.3. The summed E-state index contributed by atoms with van der Waals surface area (Å²) < 4.78 is 54.0. The van der Waals surface area contributed by atoms with Crippen LogP contribution in [-0.4, -0.2) is 62.7 Å². The molecule has 9 heteroatoms. The van der Waals surface area contributed by atoms with E-state index in [2.05, 4.69) is 9.64 Å². The van der Waals surface area contributed by atoms with Crippen molar-refractivity contribution >= 4 is 15.7 Å². The van der Waals surface area contributed by atoms with Crippen molar-refractivity contribution in [1.82, 2.24) is 9.80 Å². The van der Waals surface area contributed by atoms with Crippen LogP contribution < -0.4 is 4.74 Å². The fourth-order valence-electron chi connectivity index (χ4n) is 4.83. The second-order valence-electron chi connectivity index (χ2n) is 9.52. The van der Waals surface area contributed by atoms with Crippen LogP contribution >= 0.6 is 0 Å². The molecule has 0 aromatic heterocycles. The molecule has 0 bridgehead atoms. The lowest BCUT2D eigenvalue weighted by molar-refractivity contribution is -0.0508. The Morgan fingerprint density at radius 3 is 2.24 bits per heavy atom. The first kappa shape index (κ1) is 27.7. The topological polar surface area (TPSA) is 66.9 Å². The van der Waals surface area contributed by atoms with Crippen LogP contribution in [0.1, 0.15) is 34.3 Å². The summed E-state index contributed by atoms with van der Waals surface area (Å²) in [6.07, 6.45) is 3.31. The van der Waals surface area contributed by atoms with E-state index in [9.17, 15) is 22.0 Å². The molecular formula is C29H32F2N2O4S. The highest BCUT2D eigenvalue weighted by Gasteiger charge is 2.29. The van der Waals surface area contributed by atoms with Gasteiger partial charge in [0, 0.05) is 49.6 Å². The highest BCUT2D eigenvalue weighted by Crippen LogP contribution is 2.26. The van der Waals surface area contributed by atoms with Crippen LogP contribution in [0.4, 0.5) is 8.78 Å². The van der Waals surface area contributed by atoms with Crippen LogP contribution in [0.5, 0.6) is 5.75 Å². The summed E-state index contributed by atoms with van der Waals surface area (Å²) in [7, 11) is -3.36. The Hall–Kier alpha value is -3.30. The molecule has 1 saturated heterocycles. The number of amides is 1. The van der Waals surface area contributed by atoms with Gasteiger partial charge in [0.25, 0.3) is 5.91 Å². The monoisotopic (exact) mass is 542 g/mol. The first-order valence-electron chi connectivity index (χ1n) is 12.6. The SMILES string of the molecule is CS(=O)(=O)c1ccc(C(=O)N(CCc2ccccc2)C2CCN(Cc3ccccc3OC(F)F)CC2)cc1. The summed E-state index contributed by atoms with van der Waals surface area (Å²) in [4.78, 5) is 17.9. The van der Waals surface area contributed by atoms with Gasteiger partial charge in [0.1, 0.15) is 5.75 Å². The smallest absolute Gasteiger partial charge is 0.387 e. The van der Waals surface area contributed by atoms with Crippen LogP contribution in [-0.2, 0) is 22.8 Å². The minimum atomic E-state index is -3.36. The van der Waals surface area contributed by atoms with E-state index in [1.807, 2.05) is 35.2 Å². The Kier molecular flexibility index (Phi) is 9.12. The van der Waals surface area contributed by atoms with Crippen molar-refractivity contribution in [3.63, 3.8) is 0 Å². The van der Waals surface area contributed by atoms with E-state index in [1.165, 1.54) is 12.1 Å². The molecule has 1 aliphatic heterocycles. The minimum Gasteiger partial charge on any atom is -0.434 e. The van der Waals surface area contributed by atoms with Gasteiger partial charge in [-0.25, -0.2) is 8.42 Å². The van der Waals surface area contributed by atoms with Gasteiger partial charge in [-0.2, -0.15) is 8.78 Å². The molecule has 1 aliphatic rings. The van der Waals surface area contributed by atoms with Crippen molar-refractivity contribution in [2.75, 3.05) is 25.9 Å². The van der Waals surface area contributed by atoms with Crippen molar-refractivity contribution in [3.8, 4) is 5.75 Å². The minimum absolute atomic E-state index is 0.00426. The third kappa shape index (κ3) is 7.39. The Bertz CT molecular complexity index is 1310. The summed E-state index contributed by atoms with van der Waals surface area (Å²) in [5.41, 5.74) is 2.28. The quantitative estimate of drug-likeness (QED) is 0.359. The van der Waals surface area contributed by atoms with Gasteiger partial charge in [0.05, 0.1) is 4.90 Å². The Balaban J connectivity index is 1.46. The molecule has 3 aromatic carbocycles. The molecule has 38 heavy (non-hydrogen) atoms. The number of nitrogens with zero attached hydrogens (tertiary/aromatic N) is 2. The van der Waals surface area contributed by atoms with Gasteiger partial charge in [-0.1, -0.05) is 48.5 Å². The van der Waals surface area contributed by atoms with Crippen LogP contribution in [0.3, 0.4) is 0 Å². The molecule has 6 nitrogen and oxygen atoms in total. The molecule has 0 spiro atoms. The summed E-state index contributed by atoms with van der Waals surface area (Å²) in [5, 5.41) is 0. The number of hydrogen-bond donors (Lipinski definition) is 0. The van der Waals surface area contributed by atoms with Gasteiger partial charge in [-0.15, -0.1) is 0 Å². The molecule has 1 amide bonds. The Morgan fingerprint density at radius 1 is 0.974 bits per heavy atom. The molecule has 0 N–H and O–H groups in total. The third-order valence-electron chi connectivity index (χ3n) is 6.85. The summed E-state index contributed by atoms with van der Waals surface area (Å²) in [6, 6.07) is 22.9. The first-order valence-corrected chi connectivity index (χ1v) is 14.5. The third-order valence-corrected chi connectivity index (χ3v) is 7.98. The standard InChI is InChI=1S/C29H32F2N2O4S/c1-38(35,36)26-13-11-23(12-14-26)28(34)33(20-15-22-7-3-2-4-8-22)25-16-18-32(19-17-25)21-24-9-5-6-10-27(24)37-29(30)31/h2-14,25,29H,15-21H2,1H3. The molecule has 0 aliphatic carbocycles. The molecule has 0 atom stereocenters. The molecule has 1 heterocycles. The van der Waals surface area contributed by atoms with Gasteiger partial charge in [0.15, 0.2) is 9.84 Å². The van der Waals surface area contributed by atoms with Crippen molar-refractivity contribution in [1.29, 1.82) is 0 Å². The number of carbonyl (C=O) groups is 1. The summed E-state index contributed by atoms with van der Waals surface area (Å²) >= 11 is 0. The Labute approximate surface area is 222 Å². The Morgan fingerprint density at radius 2 is 1.61 bits per heavy atom. The number of alkyl halides is 2. The van der Waals surface area contributed by atoms with Crippen molar-refractivity contribution in [2.24, 2.45) is 0 Å². The van der Waals surface area contributed by atoms with Gasteiger partial charge >= 0.3 is 6.61 Å². The predicted molar refractivity (Wildman–Crippen MR) is 142 cm³/mol. The van der Waals surface area contributed by atoms with E-state index in [1.54, 1.807) is 36.4 Å². The number of benzene rings is 3. The summed E-state index contributed by atoms with van der Waals surface area (Å²) in [6.45, 7) is -0.448. The lowest BCUT2D eigenvalue weighted by Gasteiger charge is -2.39. The summed E-state index contributed by atoms with van der Waals surface area (Å²) in [5.74, 6) is 0.0527. The average molecular weight is 543 g/mol. The number of ether oxygens (including phenoxy) is 1. The number of rotatable bonds is 10. The number of sulfone groups is 1. The fraction of sp³-hybridized carbons (Fsp3) is 0.345. The maximum Gasteiger partial charge on any atom is 0.387 e. The average Bonchev–Trinajstić information content (AvgIpc) is 2.90. The van der Waals surface area contributed by atoms with Gasteiger partial charge < -0.3 is 9.64 Å². The van der Waals surface area contributed by atoms with E-state index in [4.69, 9.17) is 0 Å². The number of likely N-dealkylation sites (tertiary alicyclic amines) is 1. The molecule has 0 unspecified atom stereocenters. The molecular weight excluding hydrogens is 510 g/mol. The zero-order chi connectivity index (χ0) is 27.1. The zero-order valence-corrected chi connectivity index (χ0v) is 22.1. The van der Waals surface area contributed by atoms with Gasteiger partial charge in [-0.3, -0.25) is 9.69 Å². The van der Waals surface area contributed by atoms with Crippen molar-refractivity contribution in [2.45, 2.75) is 43.4 Å². The fourth-order valence-corrected chi connectivity index (χ4v) is 5.46. The highest BCUT2D eigenvalue weighted by atomic mass is 32.2. The maximum atomic E-state index is 13.6. The number of piperidine rings is 1. The predicted octanol–water partition coefficient (Wildman–Crippen LogP) is 5.04. The number of halogens is 2. The molecule has 202 valence electrons. The molecule has 3 aromatic rings. The second kappa shape index (κ2) is 12.5. The molecule has 0 saturated carbocycles. The first-order chi connectivity index (χ1) is 18.2. The maximum absolute atomic E-state index is 13.6. The number of hydrogen-bond acceptors (Lipinski definition) is 5. The van der Waals surface area contributed by atoms with E-state index >= 15 is 0 Å². The highest BCUT2D eigenvalue weighted by molar-refractivity contribution is 7.90. The van der Waals surface area contributed by atoms with Crippen molar-refractivity contribution < 1.29 is 26.7 Å². The van der Waals surface area contributed by atoms with E-state index in [-0.39, 0.29) is 22.6 Å². The van der Waals surface area contributed by atoms with Crippen LogP contribution in [0.2, 0.25) is 0 Å². The van der Waals surface area contributed by atoms with E-state index in [0.29, 0.717) is 43.7 Å². The molecule has 0 radical (unpaired) electrons.